The Morgan fingerprint density at radius 3 is 1.38 bits per heavy atom. The van der Waals surface area contributed by atoms with E-state index in [4.69, 9.17) is 0 Å². The Balaban J connectivity index is 1.09. The van der Waals surface area contributed by atoms with E-state index in [2.05, 4.69) is 242 Å². The molecule has 2 aliphatic carbocycles. The van der Waals surface area contributed by atoms with Gasteiger partial charge < -0.3 is 9.80 Å². The molecule has 0 saturated carbocycles. The van der Waals surface area contributed by atoms with Gasteiger partial charge in [-0.1, -0.05) is 172 Å². The highest BCUT2D eigenvalue weighted by molar-refractivity contribution is 5.98. The SMILES string of the molecule is CC1(C)c2ccccc2N(c2ccc3c(c2)C2(c4ccccc4-c4ccc(N(c5ccccc5)c5ccc(-c6ccccc6)cc5)cc42)c2ccccc2-3)c2ccccc21. The van der Waals surface area contributed by atoms with Crippen LogP contribution in [0.1, 0.15) is 47.2 Å². The number of anilines is 6. The van der Waals surface area contributed by atoms with Crippen LogP contribution in [-0.2, 0) is 10.8 Å². The van der Waals surface area contributed by atoms with E-state index in [9.17, 15) is 0 Å². The number of hydrogen-bond donors (Lipinski definition) is 0. The number of nitrogens with zero attached hydrogens (tertiary/aromatic N) is 2. The second-order valence-electron chi connectivity index (χ2n) is 16.9. The van der Waals surface area contributed by atoms with Crippen LogP contribution in [0, 0.1) is 0 Å². The minimum Gasteiger partial charge on any atom is -0.310 e. The maximum Gasteiger partial charge on any atom is 0.0727 e. The standard InChI is InChI=1S/C58H42N2/c1-57(2)51-25-13-15-27-55(51)60(56-28-16-14-26-52(56)57)44-34-36-48-46-22-10-12-24-50(46)58(54(48)38-44)49-23-11-9-21-45(49)47-35-33-43(37-53(47)58)59(41-19-7-4-8-20-41)42-31-29-40(30-32-42)39-17-5-3-6-18-39/h3-38H,1-2H3. The summed E-state index contributed by atoms with van der Waals surface area (Å²) in [4.78, 5) is 4.91. The lowest BCUT2D eigenvalue weighted by molar-refractivity contribution is 0.632. The van der Waals surface area contributed by atoms with Crippen molar-refractivity contribution in [2.75, 3.05) is 9.80 Å². The van der Waals surface area contributed by atoms with Gasteiger partial charge in [0.05, 0.1) is 16.8 Å². The Labute approximate surface area is 352 Å². The summed E-state index contributed by atoms with van der Waals surface area (Å²) >= 11 is 0. The normalized spacial score (nSPS) is 16.0. The molecule has 0 fully saturated rings. The van der Waals surface area contributed by atoms with Crippen LogP contribution in [0.15, 0.2) is 218 Å². The van der Waals surface area contributed by atoms with Crippen molar-refractivity contribution in [3.63, 3.8) is 0 Å². The molecule has 3 aliphatic rings. The minimum absolute atomic E-state index is 0.135. The molecule has 0 aromatic heterocycles. The van der Waals surface area contributed by atoms with Crippen LogP contribution in [0.25, 0.3) is 33.4 Å². The first-order chi connectivity index (χ1) is 29.5. The van der Waals surface area contributed by atoms with E-state index < -0.39 is 5.41 Å². The summed E-state index contributed by atoms with van der Waals surface area (Å²) in [6.07, 6.45) is 0. The van der Waals surface area contributed by atoms with Crippen LogP contribution >= 0.6 is 0 Å². The van der Waals surface area contributed by atoms with E-state index in [1.54, 1.807) is 0 Å². The lowest BCUT2D eigenvalue weighted by Crippen LogP contribution is -2.31. The topological polar surface area (TPSA) is 6.48 Å². The average molecular weight is 767 g/mol. The second kappa shape index (κ2) is 13.0. The summed E-state index contributed by atoms with van der Waals surface area (Å²) in [5.41, 5.74) is 21.9. The van der Waals surface area contributed by atoms with Crippen molar-refractivity contribution in [1.82, 2.24) is 0 Å². The van der Waals surface area contributed by atoms with Crippen LogP contribution < -0.4 is 9.80 Å². The van der Waals surface area contributed by atoms with Gasteiger partial charge in [-0.05, 0) is 127 Å². The quantitative estimate of drug-likeness (QED) is 0.172. The first-order valence-corrected chi connectivity index (χ1v) is 21.0. The van der Waals surface area contributed by atoms with Crippen LogP contribution in [0.2, 0.25) is 0 Å². The van der Waals surface area contributed by atoms with Crippen molar-refractivity contribution in [3.8, 4) is 33.4 Å². The van der Waals surface area contributed by atoms with Gasteiger partial charge in [-0.25, -0.2) is 0 Å². The first-order valence-electron chi connectivity index (χ1n) is 21.0. The molecule has 1 unspecified atom stereocenters. The predicted octanol–water partition coefficient (Wildman–Crippen LogP) is 15.3. The van der Waals surface area contributed by atoms with Gasteiger partial charge in [-0.15, -0.1) is 0 Å². The van der Waals surface area contributed by atoms with Crippen LogP contribution in [0.4, 0.5) is 34.1 Å². The van der Waals surface area contributed by atoms with E-state index in [1.165, 1.54) is 83.8 Å². The third kappa shape index (κ3) is 4.82. The third-order valence-electron chi connectivity index (χ3n) is 13.5. The van der Waals surface area contributed by atoms with E-state index >= 15 is 0 Å². The molecular weight excluding hydrogens is 725 g/mol. The van der Waals surface area contributed by atoms with Crippen molar-refractivity contribution in [2.24, 2.45) is 0 Å². The van der Waals surface area contributed by atoms with Gasteiger partial charge in [-0.2, -0.15) is 0 Å². The summed E-state index contributed by atoms with van der Waals surface area (Å²) in [6.45, 7) is 4.72. The summed E-state index contributed by atoms with van der Waals surface area (Å²) in [5.74, 6) is 0. The fraction of sp³-hybridized carbons (Fsp3) is 0.0690. The Morgan fingerprint density at radius 1 is 0.333 bits per heavy atom. The molecule has 1 aliphatic heterocycles. The molecule has 284 valence electrons. The fourth-order valence-corrected chi connectivity index (χ4v) is 10.8. The second-order valence-corrected chi connectivity index (χ2v) is 16.9. The monoisotopic (exact) mass is 766 g/mol. The summed E-state index contributed by atoms with van der Waals surface area (Å²) < 4.78 is 0. The Kier molecular flexibility index (Phi) is 7.52. The zero-order chi connectivity index (χ0) is 40.0. The molecule has 9 aromatic carbocycles. The van der Waals surface area contributed by atoms with Gasteiger partial charge in [-0.3, -0.25) is 0 Å². The highest BCUT2D eigenvalue weighted by Gasteiger charge is 2.52. The van der Waals surface area contributed by atoms with Gasteiger partial charge in [0, 0.05) is 28.2 Å². The molecule has 9 aromatic rings. The molecule has 1 atom stereocenters. The van der Waals surface area contributed by atoms with Crippen LogP contribution in [-0.4, -0.2) is 0 Å². The molecule has 0 saturated heterocycles. The highest BCUT2D eigenvalue weighted by Crippen LogP contribution is 2.64. The van der Waals surface area contributed by atoms with Crippen molar-refractivity contribution in [2.45, 2.75) is 24.7 Å². The number of para-hydroxylation sites is 3. The fourth-order valence-electron chi connectivity index (χ4n) is 10.8. The molecule has 1 spiro atoms. The Hall–Kier alpha value is -7.42. The summed E-state index contributed by atoms with van der Waals surface area (Å²) in [5, 5.41) is 0. The van der Waals surface area contributed by atoms with Gasteiger partial charge >= 0.3 is 0 Å². The third-order valence-corrected chi connectivity index (χ3v) is 13.5. The van der Waals surface area contributed by atoms with Crippen molar-refractivity contribution in [3.05, 3.63) is 252 Å². The minimum atomic E-state index is -0.530. The van der Waals surface area contributed by atoms with Gasteiger partial charge in [0.2, 0.25) is 0 Å². The largest absolute Gasteiger partial charge is 0.310 e. The molecular formula is C58H42N2. The number of fused-ring (bicyclic) bond motifs is 12. The molecule has 12 rings (SSSR count). The molecule has 0 N–H and O–H groups in total. The smallest absolute Gasteiger partial charge is 0.0727 e. The molecule has 0 bridgehead atoms. The van der Waals surface area contributed by atoms with E-state index in [0.29, 0.717) is 0 Å². The number of benzene rings is 9. The highest BCUT2D eigenvalue weighted by atomic mass is 15.2. The first kappa shape index (κ1) is 34.6. The van der Waals surface area contributed by atoms with Gasteiger partial charge in [0.25, 0.3) is 0 Å². The maximum atomic E-state index is 2.51. The lowest BCUT2D eigenvalue weighted by Gasteiger charge is -2.42. The molecule has 2 nitrogen and oxygen atoms in total. The zero-order valence-electron chi connectivity index (χ0n) is 33.7. The van der Waals surface area contributed by atoms with Crippen molar-refractivity contribution < 1.29 is 0 Å². The Bertz CT molecular complexity index is 3060. The van der Waals surface area contributed by atoms with E-state index in [-0.39, 0.29) is 5.41 Å². The summed E-state index contributed by atoms with van der Waals surface area (Å²) in [6, 6.07) is 81.0. The molecule has 1 heterocycles. The van der Waals surface area contributed by atoms with Gasteiger partial charge in [0.1, 0.15) is 0 Å². The zero-order valence-corrected chi connectivity index (χ0v) is 33.7. The van der Waals surface area contributed by atoms with Crippen molar-refractivity contribution in [1.29, 1.82) is 0 Å². The molecule has 60 heavy (non-hydrogen) atoms. The molecule has 2 heteroatoms. The Morgan fingerprint density at radius 2 is 0.767 bits per heavy atom. The average Bonchev–Trinajstić information content (AvgIpc) is 3.77. The lowest BCUT2D eigenvalue weighted by atomic mass is 9.70. The predicted molar refractivity (Wildman–Crippen MR) is 250 cm³/mol. The van der Waals surface area contributed by atoms with E-state index in [1.807, 2.05) is 0 Å². The summed E-state index contributed by atoms with van der Waals surface area (Å²) in [7, 11) is 0. The van der Waals surface area contributed by atoms with Crippen LogP contribution in [0.3, 0.4) is 0 Å². The van der Waals surface area contributed by atoms with Crippen LogP contribution in [0.5, 0.6) is 0 Å². The number of rotatable bonds is 5. The number of hydrogen-bond acceptors (Lipinski definition) is 2. The maximum absolute atomic E-state index is 2.51. The molecule has 0 radical (unpaired) electrons. The molecule has 0 amide bonds. The van der Waals surface area contributed by atoms with E-state index in [0.717, 1.165) is 17.1 Å². The van der Waals surface area contributed by atoms with Crippen molar-refractivity contribution >= 4 is 34.1 Å². The van der Waals surface area contributed by atoms with Gasteiger partial charge in [0.15, 0.2) is 0 Å².